The Morgan fingerprint density at radius 2 is 1.97 bits per heavy atom. The second kappa shape index (κ2) is 8.25. The monoisotopic (exact) mass is 412 g/mol. The highest BCUT2D eigenvalue weighted by atomic mass is 19.1. The van der Waals surface area contributed by atoms with Gasteiger partial charge in [-0.25, -0.2) is 24.1 Å². The van der Waals surface area contributed by atoms with E-state index in [1.54, 1.807) is 17.9 Å². The summed E-state index contributed by atoms with van der Waals surface area (Å²) in [6, 6.07) is 1.46. The molecule has 1 aliphatic heterocycles. The number of nitrogens with one attached hydrogen (secondary N) is 2. The van der Waals surface area contributed by atoms with Gasteiger partial charge < -0.3 is 14.6 Å². The van der Waals surface area contributed by atoms with E-state index in [9.17, 15) is 4.79 Å². The van der Waals surface area contributed by atoms with Crippen LogP contribution in [0.15, 0.2) is 22.9 Å². The van der Waals surface area contributed by atoms with Crippen LogP contribution in [0.25, 0.3) is 22.4 Å². The Labute approximate surface area is 173 Å². The Balaban J connectivity index is 1.74. The normalized spacial score (nSPS) is 14.4. The number of likely N-dealkylation sites (tertiary alicyclic amines) is 1. The van der Waals surface area contributed by atoms with Gasteiger partial charge in [-0.3, -0.25) is 5.32 Å². The molecule has 0 aliphatic carbocycles. The number of aromatic nitrogens is 3. The van der Waals surface area contributed by atoms with E-state index in [2.05, 4.69) is 25.6 Å². The molecule has 1 aliphatic rings. The first kappa shape index (κ1) is 20.1. The number of anilines is 2. The average Bonchev–Trinajstić information content (AvgIpc) is 3.16. The molecule has 0 spiro atoms. The summed E-state index contributed by atoms with van der Waals surface area (Å²) in [5.74, 6) is 0.509. The molecule has 8 nitrogen and oxygen atoms in total. The third-order valence-corrected chi connectivity index (χ3v) is 4.98. The molecule has 1 saturated heterocycles. The maximum absolute atomic E-state index is 15.3. The molecule has 0 radical (unpaired) electrons. The van der Waals surface area contributed by atoms with Gasteiger partial charge in [0.25, 0.3) is 0 Å². The number of oxazole rings is 1. The zero-order valence-electron chi connectivity index (χ0n) is 17.3. The molecule has 30 heavy (non-hydrogen) atoms. The Morgan fingerprint density at radius 3 is 2.63 bits per heavy atom. The van der Waals surface area contributed by atoms with Crippen LogP contribution in [-0.2, 0) is 0 Å². The average molecular weight is 412 g/mol. The summed E-state index contributed by atoms with van der Waals surface area (Å²) in [5, 5.41) is 6.49. The lowest BCUT2D eigenvalue weighted by molar-refractivity contribution is 0.200. The third-order valence-electron chi connectivity index (χ3n) is 4.98. The van der Waals surface area contributed by atoms with Crippen molar-refractivity contribution in [2.45, 2.75) is 46.1 Å². The van der Waals surface area contributed by atoms with E-state index in [0.29, 0.717) is 28.3 Å². The maximum atomic E-state index is 15.3. The maximum Gasteiger partial charge on any atom is 0.323 e. The van der Waals surface area contributed by atoms with Crippen molar-refractivity contribution in [2.24, 2.45) is 0 Å². The SMILES string of the molecule is Cc1ncc(-c2nc3cc(NC(=O)N4CCCCC4)ncc3c(NC(C)C)c2F)o1. The molecule has 0 atom stereocenters. The minimum atomic E-state index is -0.528. The van der Waals surface area contributed by atoms with Crippen molar-refractivity contribution in [2.75, 3.05) is 23.7 Å². The van der Waals surface area contributed by atoms with Gasteiger partial charge in [0, 0.05) is 43.7 Å². The van der Waals surface area contributed by atoms with Crippen molar-refractivity contribution >= 4 is 28.4 Å². The van der Waals surface area contributed by atoms with Gasteiger partial charge in [-0.05, 0) is 33.1 Å². The van der Waals surface area contributed by atoms with Crippen LogP contribution in [0.1, 0.15) is 39.0 Å². The standard InChI is InChI=1S/C21H25FN6O2/c1-12(2)25-19-14-10-24-17(27-21(29)28-7-5-4-6-8-28)9-15(14)26-20(18(19)22)16-11-23-13(3)30-16/h9-12H,4-8H2,1-3H3,(H,25,26)(H,24,27,29). The molecule has 4 heterocycles. The van der Waals surface area contributed by atoms with Crippen molar-refractivity contribution in [1.82, 2.24) is 19.9 Å². The quantitative estimate of drug-likeness (QED) is 0.652. The number of urea groups is 1. The molecule has 2 amide bonds. The fraction of sp³-hybridized carbons (Fsp3) is 0.429. The fourth-order valence-electron chi connectivity index (χ4n) is 3.55. The number of carbonyl (C=O) groups excluding carboxylic acids is 1. The molecule has 4 rings (SSSR count). The van der Waals surface area contributed by atoms with Crippen molar-refractivity contribution in [3.05, 3.63) is 30.2 Å². The summed E-state index contributed by atoms with van der Waals surface area (Å²) in [6.45, 7) is 7.00. The number of halogens is 1. The van der Waals surface area contributed by atoms with Gasteiger partial charge in [0.15, 0.2) is 17.5 Å². The predicted octanol–water partition coefficient (Wildman–Crippen LogP) is 4.57. The Bertz CT molecular complexity index is 1070. The number of hydrogen-bond donors (Lipinski definition) is 2. The summed E-state index contributed by atoms with van der Waals surface area (Å²) in [6.07, 6.45) is 6.12. The minimum Gasteiger partial charge on any atom is -0.439 e. The van der Waals surface area contributed by atoms with E-state index < -0.39 is 5.82 Å². The van der Waals surface area contributed by atoms with Crippen LogP contribution in [0.3, 0.4) is 0 Å². The molecular formula is C21H25FN6O2. The first-order chi connectivity index (χ1) is 14.4. The van der Waals surface area contributed by atoms with Gasteiger partial charge in [-0.1, -0.05) is 0 Å². The topological polar surface area (TPSA) is 96.2 Å². The lowest BCUT2D eigenvalue weighted by Crippen LogP contribution is -2.38. The molecule has 2 N–H and O–H groups in total. The van der Waals surface area contributed by atoms with E-state index in [4.69, 9.17) is 4.42 Å². The Morgan fingerprint density at radius 1 is 1.20 bits per heavy atom. The number of aryl methyl sites for hydroxylation is 1. The number of carbonyl (C=O) groups is 1. The molecular weight excluding hydrogens is 387 g/mol. The summed E-state index contributed by atoms with van der Waals surface area (Å²) < 4.78 is 20.8. The highest BCUT2D eigenvalue weighted by molar-refractivity contribution is 5.96. The number of nitrogens with zero attached hydrogens (tertiary/aromatic N) is 4. The van der Waals surface area contributed by atoms with Crippen LogP contribution in [0.5, 0.6) is 0 Å². The molecule has 1 fully saturated rings. The highest BCUT2D eigenvalue weighted by Gasteiger charge is 2.21. The van der Waals surface area contributed by atoms with Gasteiger partial charge in [-0.2, -0.15) is 0 Å². The van der Waals surface area contributed by atoms with Gasteiger partial charge in [0.1, 0.15) is 11.5 Å². The molecule has 158 valence electrons. The summed E-state index contributed by atoms with van der Waals surface area (Å²) in [5.41, 5.74) is 0.846. The van der Waals surface area contributed by atoms with Gasteiger partial charge in [0.2, 0.25) is 0 Å². The lowest BCUT2D eigenvalue weighted by atomic mass is 10.1. The predicted molar refractivity (Wildman–Crippen MR) is 113 cm³/mol. The van der Waals surface area contributed by atoms with Crippen molar-refractivity contribution in [1.29, 1.82) is 0 Å². The van der Waals surface area contributed by atoms with Crippen LogP contribution in [0, 0.1) is 12.7 Å². The van der Waals surface area contributed by atoms with Crippen LogP contribution < -0.4 is 10.6 Å². The van der Waals surface area contributed by atoms with E-state index in [0.717, 1.165) is 32.4 Å². The number of hydrogen-bond acceptors (Lipinski definition) is 6. The van der Waals surface area contributed by atoms with Crippen LogP contribution in [-0.4, -0.2) is 45.0 Å². The lowest BCUT2D eigenvalue weighted by Gasteiger charge is -2.26. The van der Waals surface area contributed by atoms with Crippen molar-refractivity contribution < 1.29 is 13.6 Å². The van der Waals surface area contributed by atoms with E-state index in [1.807, 2.05) is 13.8 Å². The molecule has 3 aromatic heterocycles. The number of pyridine rings is 2. The second-order valence-electron chi connectivity index (χ2n) is 7.76. The zero-order valence-corrected chi connectivity index (χ0v) is 17.3. The molecule has 0 bridgehead atoms. The molecule has 0 unspecified atom stereocenters. The number of piperidine rings is 1. The van der Waals surface area contributed by atoms with Gasteiger partial charge in [-0.15, -0.1) is 0 Å². The van der Waals surface area contributed by atoms with Gasteiger partial charge in [0.05, 0.1) is 17.4 Å². The van der Waals surface area contributed by atoms with E-state index in [-0.39, 0.29) is 23.5 Å². The highest BCUT2D eigenvalue weighted by Crippen LogP contribution is 2.33. The number of amides is 2. The second-order valence-corrected chi connectivity index (χ2v) is 7.76. The fourth-order valence-corrected chi connectivity index (χ4v) is 3.55. The van der Waals surface area contributed by atoms with E-state index in [1.165, 1.54) is 12.4 Å². The largest absolute Gasteiger partial charge is 0.439 e. The van der Waals surface area contributed by atoms with Crippen LogP contribution in [0.2, 0.25) is 0 Å². The summed E-state index contributed by atoms with van der Waals surface area (Å²) in [4.78, 5) is 27.1. The van der Waals surface area contributed by atoms with Gasteiger partial charge >= 0.3 is 6.03 Å². The first-order valence-corrected chi connectivity index (χ1v) is 10.2. The Kier molecular flexibility index (Phi) is 5.52. The molecule has 9 heteroatoms. The number of rotatable bonds is 4. The molecule has 3 aromatic rings. The molecule has 0 aromatic carbocycles. The Hall–Kier alpha value is -3.23. The van der Waals surface area contributed by atoms with E-state index >= 15 is 4.39 Å². The third kappa shape index (κ3) is 4.05. The first-order valence-electron chi connectivity index (χ1n) is 10.2. The van der Waals surface area contributed by atoms with Crippen LogP contribution >= 0.6 is 0 Å². The zero-order chi connectivity index (χ0) is 21.3. The summed E-state index contributed by atoms with van der Waals surface area (Å²) in [7, 11) is 0. The smallest absolute Gasteiger partial charge is 0.323 e. The van der Waals surface area contributed by atoms with Crippen molar-refractivity contribution in [3.8, 4) is 11.5 Å². The van der Waals surface area contributed by atoms with Crippen molar-refractivity contribution in [3.63, 3.8) is 0 Å². The summed E-state index contributed by atoms with van der Waals surface area (Å²) >= 11 is 0. The minimum absolute atomic E-state index is 0.00658. The van der Waals surface area contributed by atoms with Crippen LogP contribution in [0.4, 0.5) is 20.7 Å². The number of fused-ring (bicyclic) bond motifs is 1. The molecule has 0 saturated carbocycles.